The number of rotatable bonds is 6. The average molecular weight is 225 g/mol. The number of ether oxygens (including phenoxy) is 2. The second-order valence-electron chi connectivity index (χ2n) is 3.64. The Labute approximate surface area is 96.0 Å². The SMILES string of the molecule is COc1nc(NCCOC(C)C)ccc1N. The number of hydrogen-bond donors (Lipinski definition) is 2. The van der Waals surface area contributed by atoms with Crippen LogP contribution in [0.3, 0.4) is 0 Å². The summed E-state index contributed by atoms with van der Waals surface area (Å²) >= 11 is 0. The fraction of sp³-hybridized carbons (Fsp3) is 0.545. The zero-order valence-corrected chi connectivity index (χ0v) is 9.99. The van der Waals surface area contributed by atoms with Crippen LogP contribution in [0.4, 0.5) is 11.5 Å². The number of nitrogens with zero attached hydrogens (tertiary/aromatic N) is 1. The quantitative estimate of drug-likeness (QED) is 0.718. The summed E-state index contributed by atoms with van der Waals surface area (Å²) in [6, 6.07) is 3.57. The molecule has 0 unspecified atom stereocenters. The van der Waals surface area contributed by atoms with E-state index in [1.807, 2.05) is 19.9 Å². The summed E-state index contributed by atoms with van der Waals surface area (Å²) in [4.78, 5) is 4.19. The molecule has 90 valence electrons. The van der Waals surface area contributed by atoms with Crippen molar-refractivity contribution in [2.24, 2.45) is 0 Å². The third-order valence-electron chi connectivity index (χ3n) is 1.94. The van der Waals surface area contributed by atoms with Crippen LogP contribution >= 0.6 is 0 Å². The molecule has 1 rings (SSSR count). The smallest absolute Gasteiger partial charge is 0.238 e. The molecule has 0 bridgehead atoms. The Kier molecular flexibility index (Phi) is 4.85. The molecule has 5 nitrogen and oxygen atoms in total. The molecule has 0 aliphatic rings. The molecule has 0 saturated carbocycles. The average Bonchev–Trinajstić information content (AvgIpc) is 2.26. The van der Waals surface area contributed by atoms with E-state index >= 15 is 0 Å². The Morgan fingerprint density at radius 3 is 2.81 bits per heavy atom. The van der Waals surface area contributed by atoms with E-state index in [9.17, 15) is 0 Å². The summed E-state index contributed by atoms with van der Waals surface area (Å²) in [5, 5.41) is 3.13. The Bertz CT molecular complexity index is 329. The van der Waals surface area contributed by atoms with Crippen molar-refractivity contribution in [3.63, 3.8) is 0 Å². The summed E-state index contributed by atoms with van der Waals surface area (Å²) < 4.78 is 10.4. The molecule has 0 aliphatic heterocycles. The van der Waals surface area contributed by atoms with Crippen LogP contribution < -0.4 is 15.8 Å². The van der Waals surface area contributed by atoms with Crippen molar-refractivity contribution in [1.29, 1.82) is 0 Å². The summed E-state index contributed by atoms with van der Waals surface area (Å²) in [5.41, 5.74) is 6.19. The molecule has 0 radical (unpaired) electrons. The lowest BCUT2D eigenvalue weighted by Crippen LogP contribution is -2.14. The Balaban J connectivity index is 2.42. The minimum Gasteiger partial charge on any atom is -0.479 e. The molecular formula is C11H19N3O2. The van der Waals surface area contributed by atoms with Crippen molar-refractivity contribution in [3.05, 3.63) is 12.1 Å². The highest BCUT2D eigenvalue weighted by Crippen LogP contribution is 2.19. The molecule has 0 atom stereocenters. The molecule has 1 heterocycles. The van der Waals surface area contributed by atoms with Crippen LogP contribution in [0, 0.1) is 0 Å². The fourth-order valence-electron chi connectivity index (χ4n) is 1.19. The topological polar surface area (TPSA) is 69.4 Å². The highest BCUT2D eigenvalue weighted by molar-refractivity contribution is 5.53. The van der Waals surface area contributed by atoms with Gasteiger partial charge < -0.3 is 20.5 Å². The van der Waals surface area contributed by atoms with Crippen LogP contribution in [-0.2, 0) is 4.74 Å². The summed E-state index contributed by atoms with van der Waals surface area (Å²) in [6.07, 6.45) is 0.246. The third kappa shape index (κ3) is 3.94. The molecule has 0 aromatic carbocycles. The van der Waals surface area contributed by atoms with Gasteiger partial charge in [0.2, 0.25) is 5.88 Å². The minimum absolute atomic E-state index is 0.246. The second kappa shape index (κ2) is 6.17. The van der Waals surface area contributed by atoms with Crippen molar-refractivity contribution < 1.29 is 9.47 Å². The largest absolute Gasteiger partial charge is 0.479 e. The maximum Gasteiger partial charge on any atom is 0.238 e. The highest BCUT2D eigenvalue weighted by atomic mass is 16.5. The number of nitrogen functional groups attached to an aromatic ring is 1. The van der Waals surface area contributed by atoms with E-state index in [0.717, 1.165) is 5.82 Å². The zero-order valence-electron chi connectivity index (χ0n) is 9.99. The summed E-state index contributed by atoms with van der Waals surface area (Å²) in [5.74, 6) is 1.17. The number of nitrogens with two attached hydrogens (primary N) is 1. The number of nitrogens with one attached hydrogen (secondary N) is 1. The molecule has 0 spiro atoms. The third-order valence-corrected chi connectivity index (χ3v) is 1.94. The Hall–Kier alpha value is -1.49. The van der Waals surface area contributed by atoms with Gasteiger partial charge in [0.15, 0.2) is 0 Å². The minimum atomic E-state index is 0.246. The molecule has 3 N–H and O–H groups in total. The first-order valence-corrected chi connectivity index (χ1v) is 5.29. The number of pyridine rings is 1. The zero-order chi connectivity index (χ0) is 12.0. The Morgan fingerprint density at radius 2 is 2.19 bits per heavy atom. The van der Waals surface area contributed by atoms with Gasteiger partial charge in [-0.2, -0.15) is 4.98 Å². The molecule has 0 amide bonds. The number of hydrogen-bond acceptors (Lipinski definition) is 5. The standard InChI is InChI=1S/C11H19N3O2/c1-8(2)16-7-6-13-10-5-4-9(12)11(14-10)15-3/h4-5,8H,6-7,12H2,1-3H3,(H,13,14). The van der Waals surface area contributed by atoms with E-state index in [2.05, 4.69) is 10.3 Å². The lowest BCUT2D eigenvalue weighted by Gasteiger charge is -2.10. The Morgan fingerprint density at radius 1 is 1.44 bits per heavy atom. The number of aromatic nitrogens is 1. The molecule has 0 aliphatic carbocycles. The second-order valence-corrected chi connectivity index (χ2v) is 3.64. The molecule has 16 heavy (non-hydrogen) atoms. The van der Waals surface area contributed by atoms with Gasteiger partial charge in [0.05, 0.1) is 25.5 Å². The van der Waals surface area contributed by atoms with Gasteiger partial charge >= 0.3 is 0 Å². The van der Waals surface area contributed by atoms with E-state index in [0.29, 0.717) is 24.7 Å². The predicted molar refractivity (Wildman–Crippen MR) is 64.8 cm³/mol. The first-order valence-electron chi connectivity index (χ1n) is 5.29. The van der Waals surface area contributed by atoms with Crippen molar-refractivity contribution in [1.82, 2.24) is 4.98 Å². The van der Waals surface area contributed by atoms with Crippen LogP contribution in [0.1, 0.15) is 13.8 Å². The van der Waals surface area contributed by atoms with E-state index in [1.54, 1.807) is 13.2 Å². The first-order chi connectivity index (χ1) is 7.63. The van der Waals surface area contributed by atoms with Gasteiger partial charge in [-0.05, 0) is 26.0 Å². The molecule has 0 fully saturated rings. The van der Waals surface area contributed by atoms with Crippen molar-refractivity contribution in [2.75, 3.05) is 31.3 Å². The van der Waals surface area contributed by atoms with Gasteiger partial charge in [0, 0.05) is 6.54 Å². The molecule has 5 heteroatoms. The van der Waals surface area contributed by atoms with E-state index in [-0.39, 0.29) is 6.10 Å². The lowest BCUT2D eigenvalue weighted by atomic mass is 10.4. The molecular weight excluding hydrogens is 206 g/mol. The maximum absolute atomic E-state index is 5.65. The van der Waals surface area contributed by atoms with Gasteiger partial charge in [0.1, 0.15) is 5.82 Å². The molecule has 0 saturated heterocycles. The predicted octanol–water partition coefficient (Wildman–Crippen LogP) is 1.51. The van der Waals surface area contributed by atoms with Crippen LogP contribution in [0.2, 0.25) is 0 Å². The monoisotopic (exact) mass is 225 g/mol. The molecule has 1 aromatic rings. The van der Waals surface area contributed by atoms with Gasteiger partial charge in [-0.15, -0.1) is 0 Å². The van der Waals surface area contributed by atoms with Crippen molar-refractivity contribution >= 4 is 11.5 Å². The lowest BCUT2D eigenvalue weighted by molar-refractivity contribution is 0.0870. The van der Waals surface area contributed by atoms with Gasteiger partial charge in [-0.3, -0.25) is 0 Å². The highest BCUT2D eigenvalue weighted by Gasteiger charge is 2.02. The van der Waals surface area contributed by atoms with E-state index < -0.39 is 0 Å². The first kappa shape index (κ1) is 12.6. The maximum atomic E-state index is 5.65. The van der Waals surface area contributed by atoms with Gasteiger partial charge in [0.25, 0.3) is 0 Å². The summed E-state index contributed by atoms with van der Waals surface area (Å²) in [7, 11) is 1.55. The van der Waals surface area contributed by atoms with Crippen molar-refractivity contribution in [3.8, 4) is 5.88 Å². The summed E-state index contributed by atoms with van der Waals surface area (Å²) in [6.45, 7) is 5.36. The van der Waals surface area contributed by atoms with E-state index in [4.69, 9.17) is 15.2 Å². The van der Waals surface area contributed by atoms with E-state index in [1.165, 1.54) is 0 Å². The van der Waals surface area contributed by atoms with Crippen LogP contribution in [0.15, 0.2) is 12.1 Å². The normalized spacial score (nSPS) is 10.5. The number of methoxy groups -OCH3 is 1. The van der Waals surface area contributed by atoms with Gasteiger partial charge in [-0.25, -0.2) is 0 Å². The van der Waals surface area contributed by atoms with Gasteiger partial charge in [-0.1, -0.05) is 0 Å². The van der Waals surface area contributed by atoms with Crippen molar-refractivity contribution in [2.45, 2.75) is 20.0 Å². The fourth-order valence-corrected chi connectivity index (χ4v) is 1.19. The molecule has 1 aromatic heterocycles. The number of anilines is 2. The van der Waals surface area contributed by atoms with Crippen LogP contribution in [0.5, 0.6) is 5.88 Å². The van der Waals surface area contributed by atoms with Crippen LogP contribution in [0.25, 0.3) is 0 Å². The van der Waals surface area contributed by atoms with Crippen LogP contribution in [-0.4, -0.2) is 31.3 Å².